The van der Waals surface area contributed by atoms with E-state index in [-0.39, 0.29) is 11.5 Å². The molecule has 1 aliphatic rings. The molecule has 0 unspecified atom stereocenters. The van der Waals surface area contributed by atoms with E-state index in [1.807, 2.05) is 37.3 Å². The smallest absolute Gasteiger partial charge is 0.337 e. The van der Waals surface area contributed by atoms with Gasteiger partial charge < -0.3 is 20.2 Å². The Balaban J connectivity index is 1.72. The standard InChI is InChI=1S/C21H24ClN3O3/c1-2-5-20(26)23-18-9-8-15(14-16(18)21(27)28)24-10-12-25(13-11-24)19-7-4-3-6-17(19)22/h3-4,6-9,14H,2,5,10-13H2,1H3,(H,23,26)(H,27,28). The molecule has 1 fully saturated rings. The van der Waals surface area contributed by atoms with Gasteiger partial charge in [0.05, 0.1) is 22.0 Å². The molecule has 2 aromatic rings. The first-order chi connectivity index (χ1) is 13.5. The van der Waals surface area contributed by atoms with Crippen molar-refractivity contribution in [2.45, 2.75) is 19.8 Å². The zero-order valence-corrected chi connectivity index (χ0v) is 16.6. The average Bonchev–Trinajstić information content (AvgIpc) is 2.69. The highest BCUT2D eigenvalue weighted by atomic mass is 35.5. The van der Waals surface area contributed by atoms with Crippen molar-refractivity contribution < 1.29 is 14.7 Å². The molecule has 7 heteroatoms. The number of aromatic carboxylic acids is 1. The number of nitrogens with zero attached hydrogens (tertiary/aromatic N) is 2. The lowest BCUT2D eigenvalue weighted by Gasteiger charge is -2.37. The maximum absolute atomic E-state index is 11.8. The summed E-state index contributed by atoms with van der Waals surface area (Å²) in [6.07, 6.45) is 1.08. The first kappa shape index (κ1) is 20.0. The Morgan fingerprint density at radius 3 is 2.39 bits per heavy atom. The Morgan fingerprint density at radius 1 is 1.07 bits per heavy atom. The molecule has 0 saturated carbocycles. The monoisotopic (exact) mass is 401 g/mol. The third kappa shape index (κ3) is 4.57. The second-order valence-electron chi connectivity index (χ2n) is 6.76. The van der Waals surface area contributed by atoms with E-state index < -0.39 is 5.97 Å². The summed E-state index contributed by atoms with van der Waals surface area (Å²) in [6, 6.07) is 12.9. The summed E-state index contributed by atoms with van der Waals surface area (Å²) in [6.45, 7) is 5.00. The lowest BCUT2D eigenvalue weighted by atomic mass is 10.1. The van der Waals surface area contributed by atoms with E-state index in [0.29, 0.717) is 18.5 Å². The maximum atomic E-state index is 11.8. The number of rotatable bonds is 6. The molecule has 0 radical (unpaired) electrons. The van der Waals surface area contributed by atoms with Crippen LogP contribution in [0.3, 0.4) is 0 Å². The van der Waals surface area contributed by atoms with E-state index in [9.17, 15) is 14.7 Å². The lowest BCUT2D eigenvalue weighted by molar-refractivity contribution is -0.116. The molecule has 148 valence electrons. The third-order valence-electron chi connectivity index (χ3n) is 4.82. The predicted octanol–water partition coefficient (Wildman–Crippen LogP) is 4.10. The predicted molar refractivity (Wildman–Crippen MR) is 113 cm³/mol. The summed E-state index contributed by atoms with van der Waals surface area (Å²) in [5.74, 6) is -1.23. The first-order valence-corrected chi connectivity index (χ1v) is 9.79. The average molecular weight is 402 g/mol. The van der Waals surface area contributed by atoms with Crippen LogP contribution >= 0.6 is 11.6 Å². The van der Waals surface area contributed by atoms with Crippen LogP contribution < -0.4 is 15.1 Å². The van der Waals surface area contributed by atoms with Crippen molar-refractivity contribution >= 4 is 40.5 Å². The van der Waals surface area contributed by atoms with E-state index in [0.717, 1.165) is 42.6 Å². The number of benzene rings is 2. The summed E-state index contributed by atoms with van der Waals surface area (Å²) in [4.78, 5) is 27.9. The number of anilines is 3. The molecule has 1 amide bonds. The van der Waals surface area contributed by atoms with E-state index >= 15 is 0 Å². The molecule has 1 heterocycles. The topological polar surface area (TPSA) is 72.9 Å². The number of halogens is 1. The highest BCUT2D eigenvalue weighted by molar-refractivity contribution is 6.33. The van der Waals surface area contributed by atoms with Gasteiger partial charge in [-0.3, -0.25) is 4.79 Å². The first-order valence-electron chi connectivity index (χ1n) is 9.41. The number of para-hydroxylation sites is 1. The van der Waals surface area contributed by atoms with Crippen molar-refractivity contribution in [1.29, 1.82) is 0 Å². The molecule has 0 bridgehead atoms. The Bertz CT molecular complexity index is 864. The number of nitrogens with one attached hydrogen (secondary N) is 1. The lowest BCUT2D eigenvalue weighted by Crippen LogP contribution is -2.46. The SMILES string of the molecule is CCCC(=O)Nc1ccc(N2CCN(c3ccccc3Cl)CC2)cc1C(=O)O. The van der Waals surface area contributed by atoms with Crippen LogP contribution in [0.2, 0.25) is 5.02 Å². The number of hydrogen-bond donors (Lipinski definition) is 2. The van der Waals surface area contributed by atoms with Crippen molar-refractivity contribution in [2.24, 2.45) is 0 Å². The van der Waals surface area contributed by atoms with Crippen LogP contribution in [0.5, 0.6) is 0 Å². The van der Waals surface area contributed by atoms with Crippen LogP contribution in [0.25, 0.3) is 0 Å². The minimum atomic E-state index is -1.05. The normalized spacial score (nSPS) is 14.1. The van der Waals surface area contributed by atoms with Crippen LogP contribution in [-0.4, -0.2) is 43.2 Å². The Morgan fingerprint density at radius 2 is 1.75 bits per heavy atom. The second-order valence-corrected chi connectivity index (χ2v) is 7.17. The molecule has 0 spiro atoms. The molecule has 6 nitrogen and oxygen atoms in total. The fourth-order valence-corrected chi connectivity index (χ4v) is 3.62. The van der Waals surface area contributed by atoms with Gasteiger partial charge in [0.25, 0.3) is 0 Å². The molecule has 2 N–H and O–H groups in total. The van der Waals surface area contributed by atoms with E-state index in [4.69, 9.17) is 11.6 Å². The van der Waals surface area contributed by atoms with Gasteiger partial charge in [-0.15, -0.1) is 0 Å². The number of piperazine rings is 1. The summed E-state index contributed by atoms with van der Waals surface area (Å²) in [7, 11) is 0. The van der Waals surface area contributed by atoms with Crippen LogP contribution in [0, 0.1) is 0 Å². The third-order valence-corrected chi connectivity index (χ3v) is 5.14. The van der Waals surface area contributed by atoms with E-state index in [2.05, 4.69) is 15.1 Å². The summed E-state index contributed by atoms with van der Waals surface area (Å²) >= 11 is 6.29. The maximum Gasteiger partial charge on any atom is 0.337 e. The molecular weight excluding hydrogens is 378 g/mol. The largest absolute Gasteiger partial charge is 0.478 e. The van der Waals surface area contributed by atoms with Crippen molar-refractivity contribution in [3.8, 4) is 0 Å². The number of amides is 1. The Labute approximate surface area is 169 Å². The molecule has 3 rings (SSSR count). The van der Waals surface area contributed by atoms with Gasteiger partial charge in [0.15, 0.2) is 0 Å². The molecule has 2 aromatic carbocycles. The van der Waals surface area contributed by atoms with E-state index in [1.54, 1.807) is 12.1 Å². The fraction of sp³-hybridized carbons (Fsp3) is 0.333. The summed E-state index contributed by atoms with van der Waals surface area (Å²) in [5, 5.41) is 13.0. The number of carboxylic acids is 1. The van der Waals surface area contributed by atoms with Gasteiger partial charge in [0.2, 0.25) is 5.91 Å². The van der Waals surface area contributed by atoms with Crippen LogP contribution in [-0.2, 0) is 4.79 Å². The quantitative estimate of drug-likeness (QED) is 0.762. The molecule has 28 heavy (non-hydrogen) atoms. The molecule has 0 aromatic heterocycles. The van der Waals surface area contributed by atoms with Crippen molar-refractivity contribution in [1.82, 2.24) is 0 Å². The molecule has 0 aliphatic carbocycles. The molecular formula is C21H24ClN3O3. The van der Waals surface area contributed by atoms with Crippen molar-refractivity contribution in [3.05, 3.63) is 53.1 Å². The number of carbonyl (C=O) groups excluding carboxylic acids is 1. The van der Waals surface area contributed by atoms with Gasteiger partial charge >= 0.3 is 5.97 Å². The van der Waals surface area contributed by atoms with Gasteiger partial charge in [0.1, 0.15) is 0 Å². The van der Waals surface area contributed by atoms with Gasteiger partial charge in [-0.2, -0.15) is 0 Å². The second kappa shape index (κ2) is 8.97. The number of hydrogen-bond acceptors (Lipinski definition) is 4. The van der Waals surface area contributed by atoms with Gasteiger partial charge in [0, 0.05) is 38.3 Å². The molecule has 1 aliphatic heterocycles. The minimum Gasteiger partial charge on any atom is -0.478 e. The van der Waals surface area contributed by atoms with Crippen molar-refractivity contribution in [2.75, 3.05) is 41.3 Å². The zero-order valence-electron chi connectivity index (χ0n) is 15.8. The minimum absolute atomic E-state index is 0.107. The fourth-order valence-electron chi connectivity index (χ4n) is 3.37. The van der Waals surface area contributed by atoms with Crippen molar-refractivity contribution in [3.63, 3.8) is 0 Å². The summed E-state index contributed by atoms with van der Waals surface area (Å²) < 4.78 is 0. The Hall–Kier alpha value is -2.73. The van der Waals surface area contributed by atoms with Crippen LogP contribution in [0.15, 0.2) is 42.5 Å². The van der Waals surface area contributed by atoms with Gasteiger partial charge in [-0.25, -0.2) is 4.79 Å². The van der Waals surface area contributed by atoms with E-state index in [1.165, 1.54) is 0 Å². The molecule has 0 atom stereocenters. The number of carboxylic acid groups (broad SMARTS) is 1. The summed E-state index contributed by atoms with van der Waals surface area (Å²) in [5.41, 5.74) is 2.30. The highest BCUT2D eigenvalue weighted by Gasteiger charge is 2.21. The van der Waals surface area contributed by atoms with Crippen LogP contribution in [0.1, 0.15) is 30.1 Å². The Kier molecular flexibility index (Phi) is 6.41. The van der Waals surface area contributed by atoms with Gasteiger partial charge in [-0.1, -0.05) is 30.7 Å². The molecule has 1 saturated heterocycles. The highest BCUT2D eigenvalue weighted by Crippen LogP contribution is 2.29. The van der Waals surface area contributed by atoms with Crippen LogP contribution in [0.4, 0.5) is 17.1 Å². The zero-order chi connectivity index (χ0) is 20.1. The number of carbonyl (C=O) groups is 2. The van der Waals surface area contributed by atoms with Gasteiger partial charge in [-0.05, 0) is 36.8 Å².